The highest BCUT2D eigenvalue weighted by molar-refractivity contribution is 7.89. The van der Waals surface area contributed by atoms with Crippen molar-refractivity contribution >= 4 is 27.5 Å². The van der Waals surface area contributed by atoms with Gasteiger partial charge in [-0.05, 0) is 87.1 Å². The maximum atomic E-state index is 13.4. The summed E-state index contributed by atoms with van der Waals surface area (Å²) in [6.45, 7) is 4.09. The van der Waals surface area contributed by atoms with E-state index in [0.717, 1.165) is 50.0 Å². The van der Waals surface area contributed by atoms with Crippen LogP contribution in [-0.4, -0.2) is 56.3 Å². The van der Waals surface area contributed by atoms with Crippen LogP contribution in [0.5, 0.6) is 5.75 Å². The Hall–Kier alpha value is -2.16. The third kappa shape index (κ3) is 6.16. The Morgan fingerprint density at radius 2 is 1.77 bits per heavy atom. The van der Waals surface area contributed by atoms with Crippen molar-refractivity contribution in [1.29, 1.82) is 0 Å². The zero-order chi connectivity index (χ0) is 25.1. The molecule has 0 N–H and O–H groups in total. The van der Waals surface area contributed by atoms with Gasteiger partial charge in [0, 0.05) is 43.0 Å². The van der Waals surface area contributed by atoms with Crippen molar-refractivity contribution < 1.29 is 22.3 Å². The normalized spacial score (nSPS) is 21.6. The Morgan fingerprint density at radius 3 is 2.46 bits per heavy atom. The molecule has 35 heavy (non-hydrogen) atoms. The first-order valence-corrected chi connectivity index (χ1v) is 13.9. The maximum absolute atomic E-state index is 13.4. The number of aryl methyl sites for hydroxylation is 1. The van der Waals surface area contributed by atoms with E-state index in [2.05, 4.69) is 0 Å². The topological polar surface area (TPSA) is 66.9 Å². The minimum absolute atomic E-state index is 0.0432. The molecule has 2 aromatic carbocycles. The van der Waals surface area contributed by atoms with Crippen LogP contribution in [0.2, 0.25) is 5.02 Å². The van der Waals surface area contributed by atoms with Crippen LogP contribution in [0.3, 0.4) is 0 Å². The molecule has 0 spiro atoms. The number of piperidine rings is 2. The monoisotopic (exact) mass is 522 g/mol. The molecule has 2 heterocycles. The molecule has 0 radical (unpaired) electrons. The lowest BCUT2D eigenvalue weighted by atomic mass is 9.78. The number of likely N-dealkylation sites (tertiary alicyclic amines) is 1. The van der Waals surface area contributed by atoms with E-state index >= 15 is 0 Å². The predicted molar refractivity (Wildman–Crippen MR) is 134 cm³/mol. The number of sulfonamides is 1. The van der Waals surface area contributed by atoms with Crippen LogP contribution in [0.4, 0.5) is 4.39 Å². The number of benzene rings is 2. The summed E-state index contributed by atoms with van der Waals surface area (Å²) in [5, 5.41) is 0.640. The molecule has 1 atom stereocenters. The molecule has 2 aliphatic heterocycles. The van der Waals surface area contributed by atoms with E-state index < -0.39 is 21.3 Å². The molecule has 9 heteroatoms. The zero-order valence-electron chi connectivity index (χ0n) is 20.0. The Labute approximate surface area is 212 Å². The quantitative estimate of drug-likeness (QED) is 0.511. The summed E-state index contributed by atoms with van der Waals surface area (Å²) in [5.41, 5.74) is 0.208. The lowest BCUT2D eigenvalue weighted by Crippen LogP contribution is -2.51. The lowest BCUT2D eigenvalue weighted by Gasteiger charge is -2.42. The number of carbonyl (C=O) groups excluding carboxylic acids is 1. The van der Waals surface area contributed by atoms with Crippen molar-refractivity contribution in [2.75, 3.05) is 32.8 Å². The molecule has 0 unspecified atom stereocenters. The van der Waals surface area contributed by atoms with E-state index in [1.54, 1.807) is 12.1 Å². The van der Waals surface area contributed by atoms with Gasteiger partial charge in [0.05, 0.1) is 11.5 Å². The third-order valence-electron chi connectivity index (χ3n) is 6.99. The molecular weight excluding hydrogens is 491 g/mol. The van der Waals surface area contributed by atoms with Gasteiger partial charge in [0.25, 0.3) is 0 Å². The predicted octanol–water partition coefficient (Wildman–Crippen LogP) is 5.04. The minimum Gasteiger partial charge on any atom is -0.493 e. The highest BCUT2D eigenvalue weighted by atomic mass is 35.5. The van der Waals surface area contributed by atoms with Crippen molar-refractivity contribution in [1.82, 2.24) is 9.21 Å². The highest BCUT2D eigenvalue weighted by Crippen LogP contribution is 2.38. The molecule has 2 aromatic rings. The van der Waals surface area contributed by atoms with Crippen molar-refractivity contribution in [2.45, 2.75) is 50.3 Å². The maximum Gasteiger partial charge on any atom is 0.243 e. The average Bonchev–Trinajstić information content (AvgIpc) is 2.86. The van der Waals surface area contributed by atoms with E-state index in [-0.39, 0.29) is 30.4 Å². The molecule has 190 valence electrons. The molecule has 0 aromatic heterocycles. The smallest absolute Gasteiger partial charge is 0.243 e. The molecule has 4 rings (SSSR count). The van der Waals surface area contributed by atoms with Crippen LogP contribution in [0.1, 0.15) is 44.1 Å². The standard InChI is InChI=1S/C26H32ClFN2O4S/c1-20-16-22(8-11-24(20)27)34-19-26(17-25(31)29-13-3-2-4-14-29)12-5-15-30(18-26)35(32,33)23-9-6-21(28)7-10-23/h6-11,16H,2-5,12-15,17-19H2,1H3/t26-/m0/s1. The molecule has 2 fully saturated rings. The van der Waals surface area contributed by atoms with Crippen LogP contribution < -0.4 is 4.74 Å². The first kappa shape index (κ1) is 25.9. The van der Waals surface area contributed by atoms with Crippen LogP contribution >= 0.6 is 11.6 Å². The number of hydrogen-bond donors (Lipinski definition) is 0. The van der Waals surface area contributed by atoms with Gasteiger partial charge in [-0.1, -0.05) is 11.6 Å². The summed E-state index contributed by atoms with van der Waals surface area (Å²) in [6.07, 6.45) is 4.60. The number of nitrogens with zero attached hydrogens (tertiary/aromatic N) is 2. The number of carbonyl (C=O) groups is 1. The van der Waals surface area contributed by atoms with Gasteiger partial charge in [-0.3, -0.25) is 4.79 Å². The van der Waals surface area contributed by atoms with Gasteiger partial charge in [0.1, 0.15) is 11.6 Å². The molecule has 0 aliphatic carbocycles. The summed E-state index contributed by atoms with van der Waals surface area (Å²) < 4.78 is 47.7. The van der Waals surface area contributed by atoms with Crippen LogP contribution in [-0.2, 0) is 14.8 Å². The van der Waals surface area contributed by atoms with Crippen molar-refractivity contribution in [2.24, 2.45) is 5.41 Å². The molecule has 2 saturated heterocycles. The van der Waals surface area contributed by atoms with Gasteiger partial charge in [0.2, 0.25) is 15.9 Å². The third-order valence-corrected chi connectivity index (χ3v) is 9.27. The molecule has 0 bridgehead atoms. The summed E-state index contributed by atoms with van der Waals surface area (Å²) in [7, 11) is -3.84. The van der Waals surface area contributed by atoms with E-state index in [4.69, 9.17) is 16.3 Å². The number of ether oxygens (including phenoxy) is 1. The second-order valence-corrected chi connectivity index (χ2v) is 12.1. The zero-order valence-corrected chi connectivity index (χ0v) is 21.6. The number of hydrogen-bond acceptors (Lipinski definition) is 4. The first-order valence-electron chi connectivity index (χ1n) is 12.1. The summed E-state index contributed by atoms with van der Waals surface area (Å²) >= 11 is 6.15. The van der Waals surface area contributed by atoms with Gasteiger partial charge < -0.3 is 9.64 Å². The Balaban J connectivity index is 1.58. The number of amides is 1. The molecule has 0 saturated carbocycles. The van der Waals surface area contributed by atoms with Gasteiger partial charge in [-0.25, -0.2) is 12.8 Å². The summed E-state index contributed by atoms with van der Waals surface area (Å²) in [6, 6.07) is 10.3. The highest BCUT2D eigenvalue weighted by Gasteiger charge is 2.43. The fourth-order valence-electron chi connectivity index (χ4n) is 4.96. The summed E-state index contributed by atoms with van der Waals surface area (Å²) in [4.78, 5) is 15.2. The fraction of sp³-hybridized carbons (Fsp3) is 0.500. The van der Waals surface area contributed by atoms with Crippen LogP contribution in [0.15, 0.2) is 47.4 Å². The first-order chi connectivity index (χ1) is 16.7. The van der Waals surface area contributed by atoms with Crippen LogP contribution in [0.25, 0.3) is 0 Å². The van der Waals surface area contributed by atoms with E-state index in [9.17, 15) is 17.6 Å². The van der Waals surface area contributed by atoms with Crippen LogP contribution in [0, 0.1) is 18.2 Å². The Bertz CT molecular complexity index is 1150. The van der Waals surface area contributed by atoms with E-state index in [1.807, 2.05) is 17.9 Å². The Kier molecular flexibility index (Phi) is 8.03. The molecule has 6 nitrogen and oxygen atoms in total. The second kappa shape index (κ2) is 10.8. The van der Waals surface area contributed by atoms with E-state index in [1.165, 1.54) is 16.4 Å². The summed E-state index contributed by atoms with van der Waals surface area (Å²) in [5.74, 6) is 0.188. The van der Waals surface area contributed by atoms with Crippen molar-refractivity contribution in [3.63, 3.8) is 0 Å². The lowest BCUT2D eigenvalue weighted by molar-refractivity contribution is -0.136. The van der Waals surface area contributed by atoms with Gasteiger partial charge in [0.15, 0.2) is 0 Å². The molecule has 1 amide bonds. The largest absolute Gasteiger partial charge is 0.493 e. The number of rotatable bonds is 7. The average molecular weight is 523 g/mol. The van der Waals surface area contributed by atoms with Gasteiger partial charge >= 0.3 is 0 Å². The van der Waals surface area contributed by atoms with Gasteiger partial charge in [-0.2, -0.15) is 4.31 Å². The fourth-order valence-corrected chi connectivity index (χ4v) is 6.66. The van der Waals surface area contributed by atoms with Crippen molar-refractivity contribution in [3.05, 3.63) is 58.9 Å². The molecule has 2 aliphatic rings. The second-order valence-electron chi connectivity index (χ2n) is 9.71. The Morgan fingerprint density at radius 1 is 1.06 bits per heavy atom. The molecular formula is C26H32ClFN2O4S. The van der Waals surface area contributed by atoms with Gasteiger partial charge in [-0.15, -0.1) is 0 Å². The minimum atomic E-state index is -3.84. The SMILES string of the molecule is Cc1cc(OC[C@]2(CC(=O)N3CCCCC3)CCCN(S(=O)(=O)c3ccc(F)cc3)C2)ccc1Cl. The van der Waals surface area contributed by atoms with E-state index in [0.29, 0.717) is 30.2 Å². The number of halogens is 2. The van der Waals surface area contributed by atoms with Crippen molar-refractivity contribution in [3.8, 4) is 5.75 Å².